The molecule has 2 saturated carbocycles. The summed E-state index contributed by atoms with van der Waals surface area (Å²) in [4.78, 5) is -0.296. The Kier molecular flexibility index (Phi) is 4.03. The summed E-state index contributed by atoms with van der Waals surface area (Å²) in [5.41, 5.74) is 6.10. The van der Waals surface area contributed by atoms with Gasteiger partial charge in [0.25, 0.3) is 0 Å². The van der Waals surface area contributed by atoms with Gasteiger partial charge in [-0.3, -0.25) is 0 Å². The maximum atomic E-state index is 13.8. The monoisotopic (exact) mass is 312 g/mol. The van der Waals surface area contributed by atoms with Crippen LogP contribution in [-0.4, -0.2) is 15.0 Å². The molecule has 0 bridgehead atoms. The van der Waals surface area contributed by atoms with E-state index in [9.17, 15) is 12.8 Å². The average Bonchev–Trinajstić information content (AvgIpc) is 3.33. The Morgan fingerprint density at radius 2 is 1.86 bits per heavy atom. The van der Waals surface area contributed by atoms with Crippen molar-refractivity contribution < 1.29 is 12.8 Å². The molecule has 0 aromatic heterocycles. The van der Waals surface area contributed by atoms with Crippen molar-refractivity contribution >= 4 is 10.0 Å². The molecular weight excluding hydrogens is 291 g/mol. The van der Waals surface area contributed by atoms with E-state index in [0.29, 0.717) is 29.9 Å². The molecular formula is C15H21FN2O2S. The van der Waals surface area contributed by atoms with Crippen LogP contribution in [0.25, 0.3) is 0 Å². The van der Waals surface area contributed by atoms with E-state index < -0.39 is 15.8 Å². The summed E-state index contributed by atoms with van der Waals surface area (Å²) in [6.45, 7) is 0.611. The van der Waals surface area contributed by atoms with E-state index in [1.165, 1.54) is 37.8 Å². The molecule has 0 saturated heterocycles. The third-order valence-corrected chi connectivity index (χ3v) is 5.92. The molecule has 0 aliphatic heterocycles. The van der Waals surface area contributed by atoms with Gasteiger partial charge in [0.1, 0.15) is 10.7 Å². The first kappa shape index (κ1) is 14.9. The molecule has 2 fully saturated rings. The van der Waals surface area contributed by atoms with Crippen molar-refractivity contribution in [1.29, 1.82) is 0 Å². The number of halogens is 1. The molecule has 0 spiro atoms. The molecule has 1 aromatic carbocycles. The van der Waals surface area contributed by atoms with Crippen molar-refractivity contribution in [2.75, 3.05) is 6.54 Å². The zero-order valence-corrected chi connectivity index (χ0v) is 12.7. The first-order valence-corrected chi connectivity index (χ1v) is 8.98. The van der Waals surface area contributed by atoms with Gasteiger partial charge < -0.3 is 5.73 Å². The minimum Gasteiger partial charge on any atom is -0.326 e. The van der Waals surface area contributed by atoms with Gasteiger partial charge in [0.2, 0.25) is 10.0 Å². The largest absolute Gasteiger partial charge is 0.326 e. The second-order valence-corrected chi connectivity index (χ2v) is 7.89. The normalized spacial score (nSPS) is 19.2. The maximum Gasteiger partial charge on any atom is 0.243 e. The zero-order chi connectivity index (χ0) is 15.0. The van der Waals surface area contributed by atoms with Gasteiger partial charge in [0.05, 0.1) is 0 Å². The first-order valence-electron chi connectivity index (χ1n) is 7.49. The van der Waals surface area contributed by atoms with E-state index >= 15 is 0 Å². The second-order valence-electron chi connectivity index (χ2n) is 6.16. The summed E-state index contributed by atoms with van der Waals surface area (Å²) in [5, 5.41) is 0. The fraction of sp³-hybridized carbons (Fsp3) is 0.600. The lowest BCUT2D eigenvalue weighted by molar-refractivity contribution is 0.401. The predicted molar refractivity (Wildman–Crippen MR) is 78.4 cm³/mol. The van der Waals surface area contributed by atoms with Gasteiger partial charge in [-0.2, -0.15) is 0 Å². The highest BCUT2D eigenvalue weighted by atomic mass is 32.2. The quantitative estimate of drug-likeness (QED) is 0.809. The lowest BCUT2D eigenvalue weighted by atomic mass is 9.99. The fourth-order valence-electron chi connectivity index (χ4n) is 2.93. The van der Waals surface area contributed by atoms with Crippen molar-refractivity contribution in [3.8, 4) is 0 Å². The van der Waals surface area contributed by atoms with Crippen LogP contribution in [0, 0.1) is 23.6 Å². The SMILES string of the molecule is NCc1ccc(F)c(S(=O)(=O)NCC(C2CC2)C2CC2)c1. The van der Waals surface area contributed by atoms with Crippen LogP contribution < -0.4 is 10.5 Å². The molecule has 0 heterocycles. The number of rotatable bonds is 7. The third-order valence-electron chi connectivity index (χ3n) is 4.48. The van der Waals surface area contributed by atoms with Crippen LogP contribution in [0.5, 0.6) is 0 Å². The van der Waals surface area contributed by atoms with Crippen LogP contribution in [0.2, 0.25) is 0 Å². The summed E-state index contributed by atoms with van der Waals surface area (Å²) >= 11 is 0. The zero-order valence-electron chi connectivity index (χ0n) is 11.9. The Hall–Kier alpha value is -0.980. The number of nitrogens with one attached hydrogen (secondary N) is 1. The molecule has 4 nitrogen and oxygen atoms in total. The molecule has 6 heteroatoms. The fourth-order valence-corrected chi connectivity index (χ4v) is 4.13. The van der Waals surface area contributed by atoms with Crippen LogP contribution >= 0.6 is 0 Å². The number of benzene rings is 1. The van der Waals surface area contributed by atoms with Gasteiger partial charge in [-0.15, -0.1) is 0 Å². The Bertz CT molecular complexity index is 613. The van der Waals surface area contributed by atoms with Crippen LogP contribution in [-0.2, 0) is 16.6 Å². The van der Waals surface area contributed by atoms with Crippen LogP contribution in [0.4, 0.5) is 4.39 Å². The number of sulfonamides is 1. The molecule has 21 heavy (non-hydrogen) atoms. The molecule has 116 valence electrons. The number of hydrogen-bond acceptors (Lipinski definition) is 3. The first-order chi connectivity index (χ1) is 10.0. The Morgan fingerprint density at radius 3 is 2.38 bits per heavy atom. The summed E-state index contributed by atoms with van der Waals surface area (Å²) in [7, 11) is -3.81. The van der Waals surface area contributed by atoms with Gasteiger partial charge >= 0.3 is 0 Å². The molecule has 0 atom stereocenters. The highest BCUT2D eigenvalue weighted by Gasteiger charge is 2.41. The third kappa shape index (κ3) is 3.44. The van der Waals surface area contributed by atoms with Gasteiger partial charge in [-0.25, -0.2) is 17.5 Å². The van der Waals surface area contributed by atoms with Crippen molar-refractivity contribution in [2.45, 2.75) is 37.1 Å². The van der Waals surface area contributed by atoms with E-state index in [0.717, 1.165) is 6.07 Å². The Balaban J connectivity index is 1.73. The van der Waals surface area contributed by atoms with E-state index in [4.69, 9.17) is 5.73 Å². The second kappa shape index (κ2) is 5.66. The highest BCUT2D eigenvalue weighted by molar-refractivity contribution is 7.89. The predicted octanol–water partition coefficient (Wildman–Crippen LogP) is 2.00. The van der Waals surface area contributed by atoms with E-state index in [2.05, 4.69) is 4.72 Å². The lowest BCUT2D eigenvalue weighted by Gasteiger charge is -2.16. The highest BCUT2D eigenvalue weighted by Crippen LogP contribution is 2.48. The summed E-state index contributed by atoms with van der Waals surface area (Å²) in [6, 6.07) is 3.99. The molecule has 0 radical (unpaired) electrons. The smallest absolute Gasteiger partial charge is 0.243 e. The Morgan fingerprint density at radius 1 is 1.24 bits per heavy atom. The van der Waals surface area contributed by atoms with E-state index in [-0.39, 0.29) is 11.4 Å². The number of nitrogens with two attached hydrogens (primary N) is 1. The van der Waals surface area contributed by atoms with Gasteiger partial charge in [-0.05, 0) is 61.1 Å². The van der Waals surface area contributed by atoms with Gasteiger partial charge in [0.15, 0.2) is 0 Å². The molecule has 3 N–H and O–H groups in total. The van der Waals surface area contributed by atoms with Crippen molar-refractivity contribution in [2.24, 2.45) is 23.5 Å². The standard InChI is InChI=1S/C15H21FN2O2S/c16-14-6-1-10(8-17)7-15(14)21(19,20)18-9-13(11-2-3-11)12-4-5-12/h1,6-7,11-13,18H,2-5,8-9,17H2. The molecule has 0 unspecified atom stereocenters. The van der Waals surface area contributed by atoms with Gasteiger partial charge in [-0.1, -0.05) is 6.07 Å². The summed E-state index contributed by atoms with van der Waals surface area (Å²) in [6.07, 6.45) is 4.78. The molecule has 3 rings (SSSR count). The van der Waals surface area contributed by atoms with Gasteiger partial charge in [0, 0.05) is 13.1 Å². The van der Waals surface area contributed by atoms with E-state index in [1.54, 1.807) is 0 Å². The molecule has 2 aliphatic rings. The summed E-state index contributed by atoms with van der Waals surface area (Å²) in [5.74, 6) is 0.996. The van der Waals surface area contributed by atoms with E-state index in [1.807, 2.05) is 0 Å². The molecule has 0 amide bonds. The van der Waals surface area contributed by atoms with Crippen LogP contribution in [0.15, 0.2) is 23.1 Å². The maximum absolute atomic E-state index is 13.8. The topological polar surface area (TPSA) is 72.2 Å². The van der Waals surface area contributed by atoms with Crippen molar-refractivity contribution in [1.82, 2.24) is 4.72 Å². The minimum absolute atomic E-state index is 0.190. The van der Waals surface area contributed by atoms with Crippen LogP contribution in [0.1, 0.15) is 31.2 Å². The van der Waals surface area contributed by atoms with Crippen molar-refractivity contribution in [3.05, 3.63) is 29.6 Å². The van der Waals surface area contributed by atoms with Crippen LogP contribution in [0.3, 0.4) is 0 Å². The lowest BCUT2D eigenvalue weighted by Crippen LogP contribution is -2.31. The Labute approximate surface area is 125 Å². The van der Waals surface area contributed by atoms with Crippen molar-refractivity contribution in [3.63, 3.8) is 0 Å². The molecule has 1 aromatic rings. The summed E-state index contributed by atoms with van der Waals surface area (Å²) < 4.78 is 41.0. The average molecular weight is 312 g/mol. The number of hydrogen-bond donors (Lipinski definition) is 2. The molecule has 2 aliphatic carbocycles. The minimum atomic E-state index is -3.81.